The molecule has 0 radical (unpaired) electrons. The first-order valence-electron chi connectivity index (χ1n) is 8.59. The fraction of sp³-hybridized carbons (Fsp3) is 0.438. The van der Waals surface area contributed by atoms with Gasteiger partial charge in [0.1, 0.15) is 12.1 Å². The Labute approximate surface area is 173 Å². The highest BCUT2D eigenvalue weighted by molar-refractivity contribution is 7.99. The summed E-state index contributed by atoms with van der Waals surface area (Å²) in [5.74, 6) is 0.548. The molecule has 2 aromatic rings. The van der Waals surface area contributed by atoms with Gasteiger partial charge < -0.3 is 10.1 Å². The van der Waals surface area contributed by atoms with Crippen LogP contribution in [0.3, 0.4) is 0 Å². The molecule has 0 saturated heterocycles. The number of benzene rings is 1. The lowest BCUT2D eigenvalue weighted by molar-refractivity contribution is -0.122. The fourth-order valence-electron chi connectivity index (χ4n) is 2.03. The summed E-state index contributed by atoms with van der Waals surface area (Å²) >= 11 is 7.52. The number of nitrogens with zero attached hydrogens (tertiary/aromatic N) is 2. The van der Waals surface area contributed by atoms with E-state index < -0.39 is 10.0 Å². The van der Waals surface area contributed by atoms with Gasteiger partial charge in [-0.2, -0.15) is 5.10 Å². The van der Waals surface area contributed by atoms with Crippen molar-refractivity contribution >= 4 is 39.3 Å². The number of hydrogen-bond acceptors (Lipinski definition) is 7. The molecule has 9 nitrogen and oxygen atoms in total. The lowest BCUT2D eigenvalue weighted by atomic mass is 10.3. The maximum absolute atomic E-state index is 12.2. The Kier molecular flexibility index (Phi) is 9.03. The molecule has 154 valence electrons. The third-order valence-corrected chi connectivity index (χ3v) is 6.08. The quantitative estimate of drug-likeness (QED) is 0.334. The van der Waals surface area contributed by atoms with E-state index in [1.807, 2.05) is 6.92 Å². The SMILES string of the molecule is CCCCNS(=O)(=O)c1ccc(OCC(=O)NCCSc2ncn[nH]2)c(Cl)c1. The second kappa shape index (κ2) is 11.2. The van der Waals surface area contributed by atoms with Crippen LogP contribution in [0.15, 0.2) is 34.6 Å². The van der Waals surface area contributed by atoms with Crippen molar-refractivity contribution in [2.45, 2.75) is 29.8 Å². The molecule has 0 aliphatic rings. The number of thioether (sulfide) groups is 1. The molecule has 1 aromatic heterocycles. The number of halogens is 1. The summed E-state index contributed by atoms with van der Waals surface area (Å²) in [4.78, 5) is 15.8. The van der Waals surface area contributed by atoms with Gasteiger partial charge in [-0.1, -0.05) is 36.7 Å². The molecule has 28 heavy (non-hydrogen) atoms. The summed E-state index contributed by atoms with van der Waals surface area (Å²) in [6.07, 6.45) is 3.05. The molecule has 1 aromatic carbocycles. The number of aromatic amines is 1. The van der Waals surface area contributed by atoms with E-state index in [1.54, 1.807) is 0 Å². The Morgan fingerprint density at radius 3 is 2.86 bits per heavy atom. The van der Waals surface area contributed by atoms with Crippen LogP contribution < -0.4 is 14.8 Å². The van der Waals surface area contributed by atoms with Gasteiger partial charge in [0.2, 0.25) is 10.0 Å². The van der Waals surface area contributed by atoms with Crippen LogP contribution in [0.4, 0.5) is 0 Å². The first-order valence-corrected chi connectivity index (χ1v) is 11.4. The Morgan fingerprint density at radius 2 is 2.18 bits per heavy atom. The molecule has 3 N–H and O–H groups in total. The van der Waals surface area contributed by atoms with E-state index in [0.717, 1.165) is 12.8 Å². The van der Waals surface area contributed by atoms with Crippen molar-refractivity contribution in [2.75, 3.05) is 25.4 Å². The third kappa shape index (κ3) is 7.30. The van der Waals surface area contributed by atoms with E-state index in [-0.39, 0.29) is 28.2 Å². The molecule has 0 fully saturated rings. The summed E-state index contributed by atoms with van der Waals surface area (Å²) in [6.45, 7) is 2.54. The molecule has 1 heterocycles. The fourth-order valence-corrected chi connectivity index (χ4v) is 4.06. The molecule has 0 unspecified atom stereocenters. The van der Waals surface area contributed by atoms with Crippen LogP contribution >= 0.6 is 23.4 Å². The minimum absolute atomic E-state index is 0.0508. The third-order valence-electron chi connectivity index (χ3n) is 3.45. The smallest absolute Gasteiger partial charge is 0.257 e. The number of amides is 1. The molecule has 2 rings (SSSR count). The summed E-state index contributed by atoms with van der Waals surface area (Å²) < 4.78 is 32.2. The van der Waals surface area contributed by atoms with Crippen LogP contribution in [-0.2, 0) is 14.8 Å². The van der Waals surface area contributed by atoms with Crippen LogP contribution in [0.25, 0.3) is 0 Å². The molecule has 0 aliphatic carbocycles. The maximum atomic E-state index is 12.2. The van der Waals surface area contributed by atoms with Gasteiger partial charge in [0.05, 0.1) is 9.92 Å². The number of H-pyrrole nitrogens is 1. The van der Waals surface area contributed by atoms with E-state index in [0.29, 0.717) is 24.0 Å². The number of ether oxygens (including phenoxy) is 1. The van der Waals surface area contributed by atoms with Crippen molar-refractivity contribution in [3.8, 4) is 5.75 Å². The zero-order valence-electron chi connectivity index (χ0n) is 15.3. The highest BCUT2D eigenvalue weighted by Gasteiger charge is 2.16. The second-order valence-corrected chi connectivity index (χ2v) is 8.88. The summed E-state index contributed by atoms with van der Waals surface area (Å²) in [7, 11) is -3.62. The summed E-state index contributed by atoms with van der Waals surface area (Å²) in [5, 5.41) is 9.94. The maximum Gasteiger partial charge on any atom is 0.257 e. The van der Waals surface area contributed by atoms with Crippen LogP contribution in [0.1, 0.15) is 19.8 Å². The lowest BCUT2D eigenvalue weighted by Crippen LogP contribution is -2.30. The number of nitrogens with one attached hydrogen (secondary N) is 3. The predicted molar refractivity (Wildman–Crippen MR) is 107 cm³/mol. The summed E-state index contributed by atoms with van der Waals surface area (Å²) in [6, 6.07) is 4.13. The topological polar surface area (TPSA) is 126 Å². The largest absolute Gasteiger partial charge is 0.482 e. The number of rotatable bonds is 12. The lowest BCUT2D eigenvalue weighted by Gasteiger charge is -2.11. The molecular weight excluding hydrogens is 426 g/mol. The Balaban J connectivity index is 1.78. The molecule has 0 aliphatic heterocycles. The van der Waals surface area contributed by atoms with E-state index in [4.69, 9.17) is 16.3 Å². The van der Waals surface area contributed by atoms with Crippen LogP contribution in [-0.4, -0.2) is 55.0 Å². The zero-order chi connectivity index (χ0) is 20.4. The van der Waals surface area contributed by atoms with E-state index in [9.17, 15) is 13.2 Å². The number of aromatic nitrogens is 3. The molecular formula is C16H22ClN5O4S2. The molecule has 0 saturated carbocycles. The van der Waals surface area contributed by atoms with Gasteiger partial charge in [0.25, 0.3) is 5.91 Å². The highest BCUT2D eigenvalue weighted by atomic mass is 35.5. The van der Waals surface area contributed by atoms with Crippen molar-refractivity contribution < 1.29 is 17.9 Å². The van der Waals surface area contributed by atoms with Gasteiger partial charge in [-0.05, 0) is 24.6 Å². The van der Waals surface area contributed by atoms with Gasteiger partial charge in [-0.3, -0.25) is 9.89 Å². The van der Waals surface area contributed by atoms with Crippen molar-refractivity contribution in [2.24, 2.45) is 0 Å². The van der Waals surface area contributed by atoms with Gasteiger partial charge in [-0.25, -0.2) is 18.1 Å². The molecule has 0 bridgehead atoms. The number of carbonyl (C=O) groups is 1. The first kappa shape index (κ1) is 22.5. The van der Waals surface area contributed by atoms with Crippen LogP contribution in [0.5, 0.6) is 5.75 Å². The minimum Gasteiger partial charge on any atom is -0.482 e. The standard InChI is InChI=1S/C16H22ClN5O4S2/c1-2-3-6-21-28(24,25)12-4-5-14(13(17)9-12)26-10-15(23)18-7-8-27-16-19-11-20-22-16/h4-5,9,11,21H,2-3,6-8,10H2,1H3,(H,18,23)(H,19,20,22). The van der Waals surface area contributed by atoms with E-state index in [2.05, 4.69) is 25.2 Å². The Bertz CT molecular complexity index is 862. The molecule has 1 amide bonds. The molecule has 0 atom stereocenters. The van der Waals surface area contributed by atoms with E-state index >= 15 is 0 Å². The number of carbonyl (C=O) groups excluding carboxylic acids is 1. The first-order chi connectivity index (χ1) is 13.4. The van der Waals surface area contributed by atoms with Crippen molar-refractivity contribution in [1.29, 1.82) is 0 Å². The zero-order valence-corrected chi connectivity index (χ0v) is 17.7. The second-order valence-electron chi connectivity index (χ2n) is 5.62. The molecule has 0 spiro atoms. The monoisotopic (exact) mass is 447 g/mol. The highest BCUT2D eigenvalue weighted by Crippen LogP contribution is 2.27. The Hall–Kier alpha value is -1.82. The van der Waals surface area contributed by atoms with Gasteiger partial charge in [0, 0.05) is 18.8 Å². The van der Waals surface area contributed by atoms with E-state index in [1.165, 1.54) is 36.3 Å². The Morgan fingerprint density at radius 1 is 1.36 bits per heavy atom. The van der Waals surface area contributed by atoms with Crippen LogP contribution in [0, 0.1) is 0 Å². The number of sulfonamides is 1. The van der Waals surface area contributed by atoms with Crippen molar-refractivity contribution in [1.82, 2.24) is 25.2 Å². The summed E-state index contributed by atoms with van der Waals surface area (Å²) in [5.41, 5.74) is 0. The van der Waals surface area contributed by atoms with Crippen molar-refractivity contribution in [3.05, 3.63) is 29.5 Å². The number of hydrogen-bond donors (Lipinski definition) is 3. The normalized spacial score (nSPS) is 11.4. The molecule has 12 heteroatoms. The minimum atomic E-state index is -3.62. The average molecular weight is 448 g/mol. The van der Waals surface area contributed by atoms with Gasteiger partial charge in [0.15, 0.2) is 11.8 Å². The predicted octanol–water partition coefficient (Wildman–Crippen LogP) is 1.82. The van der Waals surface area contributed by atoms with Gasteiger partial charge in [-0.15, -0.1) is 0 Å². The van der Waals surface area contributed by atoms with Crippen molar-refractivity contribution in [3.63, 3.8) is 0 Å². The van der Waals surface area contributed by atoms with Crippen LogP contribution in [0.2, 0.25) is 5.02 Å². The average Bonchev–Trinajstić information content (AvgIpc) is 3.18. The number of unbranched alkanes of at least 4 members (excludes halogenated alkanes) is 1. The van der Waals surface area contributed by atoms with Gasteiger partial charge >= 0.3 is 0 Å².